The van der Waals surface area contributed by atoms with Crippen LogP contribution in [0.25, 0.3) is 11.1 Å². The molecule has 2 aromatic carbocycles. The van der Waals surface area contributed by atoms with Crippen LogP contribution in [0.3, 0.4) is 0 Å². The molecule has 1 heterocycles. The van der Waals surface area contributed by atoms with Gasteiger partial charge in [0, 0.05) is 13.1 Å². The molecule has 0 bridgehead atoms. The number of hydrogen-bond donors (Lipinski definition) is 1. The van der Waals surface area contributed by atoms with Crippen LogP contribution in [-0.4, -0.2) is 23.4 Å². The highest BCUT2D eigenvalue weighted by Crippen LogP contribution is 2.34. The van der Waals surface area contributed by atoms with Crippen LogP contribution < -0.4 is 5.73 Å². The summed E-state index contributed by atoms with van der Waals surface area (Å²) in [5.41, 5.74) is 9.18. The third-order valence-corrected chi connectivity index (χ3v) is 5.14. The fourth-order valence-corrected chi connectivity index (χ4v) is 3.75. The molecule has 1 atom stereocenters. The molecule has 2 N–H and O–H groups in total. The number of nitrogens with two attached hydrogens (primary N) is 1. The van der Waals surface area contributed by atoms with Crippen molar-refractivity contribution >= 4 is 5.91 Å². The van der Waals surface area contributed by atoms with Gasteiger partial charge in [0.25, 0.3) is 0 Å². The Bertz CT molecular complexity index is 844. The molecular formula is C22H25F3N2O. The summed E-state index contributed by atoms with van der Waals surface area (Å²) in [5, 5.41) is 0. The number of alkyl halides is 3. The first-order valence-corrected chi connectivity index (χ1v) is 9.49. The minimum atomic E-state index is -4.34. The van der Waals surface area contributed by atoms with Crippen LogP contribution in [0.15, 0.2) is 42.5 Å². The zero-order valence-electron chi connectivity index (χ0n) is 16.1. The molecule has 2 aromatic rings. The predicted molar refractivity (Wildman–Crippen MR) is 103 cm³/mol. The number of carbonyl (C=O) groups is 1. The van der Waals surface area contributed by atoms with Gasteiger partial charge in [0.1, 0.15) is 0 Å². The number of carbonyl (C=O) groups excluding carboxylic acids is 1. The van der Waals surface area contributed by atoms with Crippen molar-refractivity contribution in [1.29, 1.82) is 0 Å². The molecular weight excluding hydrogens is 365 g/mol. The van der Waals surface area contributed by atoms with E-state index in [0.29, 0.717) is 31.8 Å². The van der Waals surface area contributed by atoms with E-state index in [1.165, 1.54) is 12.1 Å². The first-order chi connectivity index (χ1) is 13.2. The summed E-state index contributed by atoms with van der Waals surface area (Å²) in [6.07, 6.45) is -3.04. The zero-order chi connectivity index (χ0) is 20.5. The van der Waals surface area contributed by atoms with Gasteiger partial charge in [-0.3, -0.25) is 4.79 Å². The smallest absolute Gasteiger partial charge is 0.337 e. The normalized spacial score (nSPS) is 15.5. The average molecular weight is 390 g/mol. The van der Waals surface area contributed by atoms with E-state index < -0.39 is 17.8 Å². The van der Waals surface area contributed by atoms with Crippen molar-refractivity contribution in [2.45, 2.75) is 45.5 Å². The molecule has 6 heteroatoms. The summed E-state index contributed by atoms with van der Waals surface area (Å²) >= 11 is 0. The molecule has 3 rings (SSSR count). The van der Waals surface area contributed by atoms with E-state index in [0.717, 1.165) is 34.4 Å². The summed E-state index contributed by atoms with van der Waals surface area (Å²) in [6, 6.07) is 10.5. The van der Waals surface area contributed by atoms with Gasteiger partial charge in [0.05, 0.1) is 11.6 Å². The van der Waals surface area contributed by atoms with Gasteiger partial charge in [-0.15, -0.1) is 0 Å². The molecule has 1 amide bonds. The Balaban J connectivity index is 1.82. The van der Waals surface area contributed by atoms with Gasteiger partial charge in [-0.2, -0.15) is 13.2 Å². The van der Waals surface area contributed by atoms with Crippen LogP contribution >= 0.6 is 0 Å². The molecule has 150 valence electrons. The molecule has 0 saturated carbocycles. The van der Waals surface area contributed by atoms with Crippen LogP contribution in [0.4, 0.5) is 13.2 Å². The van der Waals surface area contributed by atoms with Gasteiger partial charge < -0.3 is 10.6 Å². The van der Waals surface area contributed by atoms with Gasteiger partial charge in [0.2, 0.25) is 5.91 Å². The maximum Gasteiger partial charge on any atom is 0.416 e. The van der Waals surface area contributed by atoms with Crippen molar-refractivity contribution in [3.8, 4) is 11.1 Å². The van der Waals surface area contributed by atoms with Crippen LogP contribution in [0.1, 0.15) is 37.0 Å². The molecule has 0 radical (unpaired) electrons. The second kappa shape index (κ2) is 7.95. The lowest BCUT2D eigenvalue weighted by Crippen LogP contribution is -2.46. The van der Waals surface area contributed by atoms with Gasteiger partial charge in [0.15, 0.2) is 0 Å². The Hall–Kier alpha value is -2.34. The summed E-state index contributed by atoms with van der Waals surface area (Å²) in [5.74, 6) is 0.307. The number of amides is 1. The van der Waals surface area contributed by atoms with E-state index in [9.17, 15) is 18.0 Å². The fourth-order valence-electron chi connectivity index (χ4n) is 3.75. The van der Waals surface area contributed by atoms with E-state index in [1.807, 2.05) is 32.0 Å². The SMILES string of the molecule is CC(C)C[C@@H](N)C(=O)N1CCc2c(cccc2-c2ccc(C(F)(F)F)cc2)C1. The number of hydrogen-bond acceptors (Lipinski definition) is 2. The van der Waals surface area contributed by atoms with E-state index in [-0.39, 0.29) is 5.91 Å². The number of halogens is 3. The van der Waals surface area contributed by atoms with Crippen LogP contribution in [0.5, 0.6) is 0 Å². The van der Waals surface area contributed by atoms with Crippen molar-refractivity contribution in [3.63, 3.8) is 0 Å². The molecule has 1 aliphatic heterocycles. The lowest BCUT2D eigenvalue weighted by atomic mass is 9.90. The average Bonchev–Trinajstić information content (AvgIpc) is 2.65. The predicted octanol–water partition coefficient (Wildman–Crippen LogP) is 4.63. The first kappa shape index (κ1) is 20.4. The maximum absolute atomic E-state index is 12.8. The minimum Gasteiger partial charge on any atom is -0.337 e. The second-order valence-corrected chi connectivity index (χ2v) is 7.76. The third kappa shape index (κ3) is 4.38. The van der Waals surface area contributed by atoms with Crippen LogP contribution in [0, 0.1) is 5.92 Å². The van der Waals surface area contributed by atoms with Gasteiger partial charge >= 0.3 is 6.18 Å². The highest BCUT2D eigenvalue weighted by molar-refractivity contribution is 5.82. The maximum atomic E-state index is 12.8. The standard InChI is InChI=1S/C22H25F3N2O/c1-14(2)12-20(26)21(28)27-11-10-19-16(13-27)4-3-5-18(19)15-6-8-17(9-7-15)22(23,24)25/h3-9,14,20H,10-13,26H2,1-2H3/t20-/m1/s1. The van der Waals surface area contributed by atoms with Crippen molar-refractivity contribution in [3.05, 3.63) is 59.2 Å². The molecule has 0 aliphatic carbocycles. The van der Waals surface area contributed by atoms with Crippen LogP contribution in [0.2, 0.25) is 0 Å². The lowest BCUT2D eigenvalue weighted by Gasteiger charge is -2.32. The second-order valence-electron chi connectivity index (χ2n) is 7.76. The summed E-state index contributed by atoms with van der Waals surface area (Å²) in [7, 11) is 0. The molecule has 0 aromatic heterocycles. The monoisotopic (exact) mass is 390 g/mol. The summed E-state index contributed by atoms with van der Waals surface area (Å²) < 4.78 is 38.4. The van der Waals surface area contributed by atoms with Crippen molar-refractivity contribution in [2.75, 3.05) is 6.54 Å². The Labute approximate surface area is 163 Å². The fraction of sp³-hybridized carbons (Fsp3) is 0.409. The van der Waals surface area contributed by atoms with Gasteiger partial charge in [-0.1, -0.05) is 44.2 Å². The summed E-state index contributed by atoms with van der Waals surface area (Å²) in [4.78, 5) is 14.4. The number of fused-ring (bicyclic) bond motifs is 1. The van der Waals surface area contributed by atoms with Crippen molar-refractivity contribution < 1.29 is 18.0 Å². The number of nitrogens with zero attached hydrogens (tertiary/aromatic N) is 1. The molecule has 0 fully saturated rings. The number of benzene rings is 2. The lowest BCUT2D eigenvalue weighted by molar-refractivity contribution is -0.137. The Morgan fingerprint density at radius 2 is 1.82 bits per heavy atom. The van der Waals surface area contributed by atoms with Gasteiger partial charge in [-0.25, -0.2) is 0 Å². The van der Waals surface area contributed by atoms with Crippen molar-refractivity contribution in [2.24, 2.45) is 11.7 Å². The van der Waals surface area contributed by atoms with Gasteiger partial charge in [-0.05, 0) is 53.1 Å². The summed E-state index contributed by atoms with van der Waals surface area (Å²) in [6.45, 7) is 5.12. The Morgan fingerprint density at radius 3 is 2.43 bits per heavy atom. The molecule has 1 aliphatic rings. The topological polar surface area (TPSA) is 46.3 Å². The molecule has 28 heavy (non-hydrogen) atoms. The third-order valence-electron chi connectivity index (χ3n) is 5.14. The quantitative estimate of drug-likeness (QED) is 0.827. The minimum absolute atomic E-state index is 0.0423. The first-order valence-electron chi connectivity index (χ1n) is 9.49. The van der Waals surface area contributed by atoms with Crippen molar-refractivity contribution in [1.82, 2.24) is 4.90 Å². The molecule has 3 nitrogen and oxygen atoms in total. The largest absolute Gasteiger partial charge is 0.416 e. The molecule has 0 spiro atoms. The highest BCUT2D eigenvalue weighted by Gasteiger charge is 2.30. The van der Waals surface area contributed by atoms with E-state index in [1.54, 1.807) is 4.90 Å². The van der Waals surface area contributed by atoms with E-state index in [4.69, 9.17) is 5.73 Å². The van der Waals surface area contributed by atoms with Crippen LogP contribution in [-0.2, 0) is 23.9 Å². The Morgan fingerprint density at radius 1 is 1.14 bits per heavy atom. The molecule has 0 saturated heterocycles. The Kier molecular flexibility index (Phi) is 5.79. The number of rotatable bonds is 4. The van der Waals surface area contributed by atoms with E-state index >= 15 is 0 Å². The molecule has 0 unspecified atom stereocenters. The van der Waals surface area contributed by atoms with E-state index in [2.05, 4.69) is 0 Å². The highest BCUT2D eigenvalue weighted by atomic mass is 19.4. The zero-order valence-corrected chi connectivity index (χ0v) is 16.1.